The molecule has 2 aromatic rings. The van der Waals surface area contributed by atoms with Crippen molar-refractivity contribution in [3.05, 3.63) is 53.0 Å². The van der Waals surface area contributed by atoms with Crippen molar-refractivity contribution in [2.45, 2.75) is 30.7 Å². The van der Waals surface area contributed by atoms with Gasteiger partial charge in [0, 0.05) is 10.6 Å². The molecular weight excluding hydrogens is 261 g/mol. The fourth-order valence-electron chi connectivity index (χ4n) is 1.90. The summed E-state index contributed by atoms with van der Waals surface area (Å²) < 4.78 is 13.7. The molecule has 0 atom stereocenters. The van der Waals surface area contributed by atoms with Gasteiger partial charge in [0.1, 0.15) is 10.8 Å². The van der Waals surface area contributed by atoms with Gasteiger partial charge in [-0.1, -0.05) is 17.8 Å². The average Bonchev–Trinajstić information content (AvgIpc) is 2.26. The van der Waals surface area contributed by atoms with E-state index in [0.717, 1.165) is 16.3 Å². The highest BCUT2D eigenvalue weighted by atomic mass is 32.2. The lowest BCUT2D eigenvalue weighted by molar-refractivity contribution is 0.101. The molecule has 1 aromatic heterocycles. The highest BCUT2D eigenvalue weighted by molar-refractivity contribution is 7.99. The standard InChI is InChI=1S/C15H14FNOS/c1-9-7-10(2)17-14(8-9)19-13-6-4-5-12(16)15(13)11(3)18/h4-8H,1-3H3. The quantitative estimate of drug-likeness (QED) is 0.787. The van der Waals surface area contributed by atoms with Crippen LogP contribution in [0.3, 0.4) is 0 Å². The van der Waals surface area contributed by atoms with E-state index in [0.29, 0.717) is 4.90 Å². The lowest BCUT2D eigenvalue weighted by atomic mass is 10.1. The molecule has 0 radical (unpaired) electrons. The van der Waals surface area contributed by atoms with Crippen LogP contribution >= 0.6 is 11.8 Å². The van der Waals surface area contributed by atoms with Gasteiger partial charge in [-0.25, -0.2) is 9.37 Å². The van der Waals surface area contributed by atoms with Gasteiger partial charge in [0.2, 0.25) is 0 Å². The van der Waals surface area contributed by atoms with E-state index in [-0.39, 0.29) is 11.3 Å². The maximum Gasteiger partial charge on any atom is 0.163 e. The number of halogens is 1. The van der Waals surface area contributed by atoms with Crippen LogP contribution in [0.4, 0.5) is 4.39 Å². The van der Waals surface area contributed by atoms with E-state index < -0.39 is 5.82 Å². The molecule has 1 aromatic carbocycles. The number of carbonyl (C=O) groups excluding carboxylic acids is 1. The Kier molecular flexibility index (Phi) is 4.00. The van der Waals surface area contributed by atoms with Crippen molar-refractivity contribution in [3.63, 3.8) is 0 Å². The summed E-state index contributed by atoms with van der Waals surface area (Å²) >= 11 is 1.31. The number of Topliss-reactive ketones (excluding diaryl/α,β-unsaturated/α-hetero) is 1. The molecule has 98 valence electrons. The zero-order valence-electron chi connectivity index (χ0n) is 11.0. The van der Waals surface area contributed by atoms with Crippen molar-refractivity contribution in [1.82, 2.24) is 4.98 Å². The molecule has 0 N–H and O–H groups in total. The molecule has 0 unspecified atom stereocenters. The summed E-state index contributed by atoms with van der Waals surface area (Å²) in [5.41, 5.74) is 2.13. The predicted molar refractivity (Wildman–Crippen MR) is 74.2 cm³/mol. The van der Waals surface area contributed by atoms with Crippen LogP contribution in [0.2, 0.25) is 0 Å². The first-order valence-electron chi connectivity index (χ1n) is 5.90. The lowest BCUT2D eigenvalue weighted by Gasteiger charge is -2.08. The molecule has 0 aliphatic rings. The Morgan fingerprint density at radius 1 is 1.26 bits per heavy atom. The number of pyridine rings is 1. The summed E-state index contributed by atoms with van der Waals surface area (Å²) in [4.78, 5) is 16.5. The Morgan fingerprint density at radius 2 is 2.00 bits per heavy atom. The van der Waals surface area contributed by atoms with Crippen LogP contribution in [0.25, 0.3) is 0 Å². The first-order chi connectivity index (χ1) is 8.97. The number of carbonyl (C=O) groups is 1. The molecule has 0 aliphatic heterocycles. The van der Waals surface area contributed by atoms with Gasteiger partial charge in [-0.2, -0.15) is 0 Å². The zero-order valence-corrected chi connectivity index (χ0v) is 11.8. The Bertz CT molecular complexity index is 620. The Balaban J connectivity index is 2.43. The number of benzene rings is 1. The second kappa shape index (κ2) is 5.53. The number of hydrogen-bond acceptors (Lipinski definition) is 3. The average molecular weight is 275 g/mol. The minimum atomic E-state index is -0.484. The van der Waals surface area contributed by atoms with Crippen LogP contribution in [0.1, 0.15) is 28.5 Å². The number of aryl methyl sites for hydroxylation is 2. The summed E-state index contributed by atoms with van der Waals surface area (Å²) in [5.74, 6) is -0.758. The Morgan fingerprint density at radius 3 is 2.63 bits per heavy atom. The number of aromatic nitrogens is 1. The summed E-state index contributed by atoms with van der Waals surface area (Å²) in [6.45, 7) is 5.27. The Labute approximate surface area is 116 Å². The van der Waals surface area contributed by atoms with Crippen molar-refractivity contribution in [3.8, 4) is 0 Å². The third-order valence-corrected chi connectivity index (χ3v) is 3.59. The Hall–Kier alpha value is -1.68. The molecule has 0 aliphatic carbocycles. The smallest absolute Gasteiger partial charge is 0.163 e. The van der Waals surface area contributed by atoms with Crippen molar-refractivity contribution in [2.24, 2.45) is 0 Å². The molecular formula is C15H14FNOS. The molecule has 2 nitrogen and oxygen atoms in total. The van der Waals surface area contributed by atoms with Gasteiger partial charge < -0.3 is 0 Å². The monoisotopic (exact) mass is 275 g/mol. The molecule has 19 heavy (non-hydrogen) atoms. The van der Waals surface area contributed by atoms with E-state index in [9.17, 15) is 9.18 Å². The number of nitrogens with zero attached hydrogens (tertiary/aromatic N) is 1. The van der Waals surface area contributed by atoms with Gasteiger partial charge in [-0.3, -0.25) is 4.79 Å². The van der Waals surface area contributed by atoms with Gasteiger partial charge in [0.15, 0.2) is 5.78 Å². The fraction of sp³-hybridized carbons (Fsp3) is 0.200. The second-order valence-corrected chi connectivity index (χ2v) is 5.46. The van der Waals surface area contributed by atoms with Gasteiger partial charge in [-0.15, -0.1) is 0 Å². The van der Waals surface area contributed by atoms with Crippen molar-refractivity contribution >= 4 is 17.5 Å². The normalized spacial score (nSPS) is 10.5. The molecule has 2 rings (SSSR count). The van der Waals surface area contributed by atoms with Crippen LogP contribution in [0, 0.1) is 19.7 Å². The van der Waals surface area contributed by atoms with E-state index in [4.69, 9.17) is 0 Å². The first kappa shape index (κ1) is 13.7. The van der Waals surface area contributed by atoms with Gasteiger partial charge in [0.25, 0.3) is 0 Å². The van der Waals surface area contributed by atoms with Gasteiger partial charge >= 0.3 is 0 Å². The van der Waals surface area contributed by atoms with Gasteiger partial charge in [-0.05, 0) is 50.6 Å². The molecule has 0 fully saturated rings. The summed E-state index contributed by atoms with van der Waals surface area (Å²) in [5, 5.41) is 0.769. The topological polar surface area (TPSA) is 30.0 Å². The van der Waals surface area contributed by atoms with Crippen LogP contribution in [-0.2, 0) is 0 Å². The van der Waals surface area contributed by atoms with E-state index in [1.54, 1.807) is 12.1 Å². The number of ketones is 1. The third kappa shape index (κ3) is 3.20. The van der Waals surface area contributed by atoms with E-state index >= 15 is 0 Å². The minimum Gasteiger partial charge on any atom is -0.294 e. The number of hydrogen-bond donors (Lipinski definition) is 0. The maximum absolute atomic E-state index is 13.7. The molecule has 0 saturated carbocycles. The lowest BCUT2D eigenvalue weighted by Crippen LogP contribution is -2.00. The fourth-order valence-corrected chi connectivity index (χ4v) is 3.05. The van der Waals surface area contributed by atoms with Crippen molar-refractivity contribution in [1.29, 1.82) is 0 Å². The van der Waals surface area contributed by atoms with Crippen LogP contribution in [-0.4, -0.2) is 10.8 Å². The van der Waals surface area contributed by atoms with Crippen LogP contribution < -0.4 is 0 Å². The molecule has 0 saturated heterocycles. The minimum absolute atomic E-state index is 0.133. The SMILES string of the molecule is CC(=O)c1c(F)cccc1Sc1cc(C)cc(C)n1. The van der Waals surface area contributed by atoms with E-state index in [1.165, 1.54) is 24.8 Å². The van der Waals surface area contributed by atoms with Gasteiger partial charge in [0.05, 0.1) is 5.56 Å². The van der Waals surface area contributed by atoms with Crippen molar-refractivity contribution in [2.75, 3.05) is 0 Å². The predicted octanol–water partition coefficient (Wildman–Crippen LogP) is 4.19. The van der Waals surface area contributed by atoms with Crippen LogP contribution in [0.5, 0.6) is 0 Å². The van der Waals surface area contributed by atoms with Crippen molar-refractivity contribution < 1.29 is 9.18 Å². The summed E-state index contributed by atoms with van der Waals surface area (Å²) in [7, 11) is 0. The zero-order chi connectivity index (χ0) is 14.0. The molecule has 0 amide bonds. The largest absolute Gasteiger partial charge is 0.294 e. The first-order valence-corrected chi connectivity index (χ1v) is 6.71. The third-order valence-electron chi connectivity index (χ3n) is 2.62. The molecule has 0 bridgehead atoms. The maximum atomic E-state index is 13.7. The second-order valence-electron chi connectivity index (χ2n) is 4.40. The summed E-state index contributed by atoms with van der Waals surface area (Å²) in [6, 6.07) is 8.54. The van der Waals surface area contributed by atoms with E-state index in [2.05, 4.69) is 4.98 Å². The molecule has 4 heteroatoms. The van der Waals surface area contributed by atoms with Crippen LogP contribution in [0.15, 0.2) is 40.3 Å². The molecule has 1 heterocycles. The highest BCUT2D eigenvalue weighted by Crippen LogP contribution is 2.31. The molecule has 0 spiro atoms. The summed E-state index contributed by atoms with van der Waals surface area (Å²) in [6.07, 6.45) is 0. The van der Waals surface area contributed by atoms with E-state index in [1.807, 2.05) is 26.0 Å². The highest BCUT2D eigenvalue weighted by Gasteiger charge is 2.14. The number of rotatable bonds is 3.